The molecule has 0 radical (unpaired) electrons. The minimum absolute atomic E-state index is 0.00290. The van der Waals surface area contributed by atoms with E-state index >= 15 is 0 Å². The van der Waals surface area contributed by atoms with Crippen LogP contribution >= 0.6 is 11.3 Å². The predicted octanol–water partition coefficient (Wildman–Crippen LogP) is 0.951. The number of hydrogen-bond acceptors (Lipinski definition) is 10. The summed E-state index contributed by atoms with van der Waals surface area (Å²) in [6.07, 6.45) is -0.624. The molecule has 0 bridgehead atoms. The van der Waals surface area contributed by atoms with E-state index in [2.05, 4.69) is 10.2 Å². The maximum atomic E-state index is 11.6. The highest BCUT2D eigenvalue weighted by Gasteiger charge is 2.36. The van der Waals surface area contributed by atoms with Crippen LogP contribution in [-0.4, -0.2) is 39.8 Å². The Morgan fingerprint density at radius 1 is 1.52 bits per heavy atom. The van der Waals surface area contributed by atoms with Crippen LogP contribution < -0.4 is 10.2 Å². The third-order valence-electron chi connectivity index (χ3n) is 3.38. The second-order valence-corrected chi connectivity index (χ2v) is 5.91. The number of hydrogen-bond donors (Lipinski definition) is 1. The van der Waals surface area contributed by atoms with Crippen LogP contribution in [0.4, 0.5) is 5.13 Å². The lowest BCUT2D eigenvalue weighted by Gasteiger charge is -2.11. The molecule has 1 aromatic carbocycles. The van der Waals surface area contributed by atoms with Gasteiger partial charge in [-0.15, -0.1) is 0 Å². The highest BCUT2D eigenvalue weighted by atomic mass is 32.1. The molecule has 25 heavy (non-hydrogen) atoms. The van der Waals surface area contributed by atoms with E-state index in [0.29, 0.717) is 28.1 Å². The maximum absolute atomic E-state index is 11.6. The minimum atomic E-state index is -1.21. The summed E-state index contributed by atoms with van der Waals surface area (Å²) >= 11 is 0.686. The van der Waals surface area contributed by atoms with Crippen LogP contribution in [0.3, 0.4) is 0 Å². The fourth-order valence-corrected chi connectivity index (χ4v) is 2.91. The van der Waals surface area contributed by atoms with Crippen molar-refractivity contribution in [2.45, 2.75) is 19.4 Å². The number of fused-ring (bicyclic) bond motifs is 1. The molecule has 0 amide bonds. The van der Waals surface area contributed by atoms with Crippen LogP contribution in [0, 0.1) is 10.1 Å². The van der Waals surface area contributed by atoms with Crippen molar-refractivity contribution >= 4 is 35.0 Å². The molecule has 1 aromatic heterocycles. The molecule has 1 N–H and O–H groups in total. The van der Waals surface area contributed by atoms with Gasteiger partial charge >= 0.3 is 23.4 Å². The molecule has 1 atom stereocenters. The first-order valence-electron chi connectivity index (χ1n) is 7.26. The fraction of sp³-hybridized carbons (Fsp3) is 0.308. The third-order valence-corrected chi connectivity index (χ3v) is 4.13. The average molecular weight is 365 g/mol. The van der Waals surface area contributed by atoms with Gasteiger partial charge in [-0.05, 0) is 35.0 Å². The van der Waals surface area contributed by atoms with Gasteiger partial charge in [-0.2, -0.15) is 0 Å². The van der Waals surface area contributed by atoms with Gasteiger partial charge in [0.15, 0.2) is 0 Å². The van der Waals surface area contributed by atoms with Crippen molar-refractivity contribution in [3.63, 3.8) is 0 Å². The zero-order valence-electron chi connectivity index (χ0n) is 12.9. The van der Waals surface area contributed by atoms with Gasteiger partial charge in [0, 0.05) is 16.4 Å². The van der Waals surface area contributed by atoms with Gasteiger partial charge in [0.1, 0.15) is 10.8 Å². The number of nitrogens with zero attached hydrogens (tertiary/aromatic N) is 3. The number of carbonyl (C=O) groups excluding carboxylic acids is 1. The summed E-state index contributed by atoms with van der Waals surface area (Å²) in [5.74, 6) is -0.113. The molecule has 1 aliphatic rings. The number of carbonyl (C=O) groups is 1. The monoisotopic (exact) mass is 365 g/mol. The number of nitro groups is 1. The van der Waals surface area contributed by atoms with Gasteiger partial charge in [-0.3, -0.25) is 4.79 Å². The summed E-state index contributed by atoms with van der Waals surface area (Å²) in [6, 6.07) is 4.77. The van der Waals surface area contributed by atoms with Crippen molar-refractivity contribution in [2.75, 3.05) is 6.61 Å². The Kier molecular flexibility index (Phi) is 4.92. The van der Waals surface area contributed by atoms with Crippen LogP contribution in [0.1, 0.15) is 25.0 Å². The van der Waals surface area contributed by atoms with E-state index in [0.717, 1.165) is 0 Å². The summed E-state index contributed by atoms with van der Waals surface area (Å²) in [6.45, 7) is 1.97. The van der Waals surface area contributed by atoms with E-state index in [1.54, 1.807) is 19.1 Å². The summed E-state index contributed by atoms with van der Waals surface area (Å²) in [5.41, 5.74) is 1.10. The van der Waals surface area contributed by atoms with E-state index < -0.39 is 24.1 Å². The molecule has 0 fully saturated rings. The Balaban J connectivity index is 1.76. The normalized spacial score (nSPS) is 15.8. The molecular weight excluding hydrogens is 353 g/mol. The Morgan fingerprint density at radius 3 is 3.00 bits per heavy atom. The summed E-state index contributed by atoms with van der Waals surface area (Å²) in [5, 5.41) is 27.2. The van der Waals surface area contributed by atoms with Gasteiger partial charge < -0.3 is 29.3 Å². The van der Waals surface area contributed by atoms with Crippen molar-refractivity contribution in [3.8, 4) is 10.9 Å². The van der Waals surface area contributed by atoms with E-state index in [1.165, 1.54) is 6.07 Å². The van der Waals surface area contributed by atoms with Gasteiger partial charge in [-0.25, -0.2) is 0 Å². The number of esters is 1. The second kappa shape index (κ2) is 7.13. The first kappa shape index (κ1) is 17.3. The number of aromatic nitrogens is 2. The maximum Gasteiger partial charge on any atom is 0.492 e. The van der Waals surface area contributed by atoms with Crippen molar-refractivity contribution < 1.29 is 28.9 Å². The van der Waals surface area contributed by atoms with Crippen molar-refractivity contribution in [3.05, 3.63) is 33.9 Å². The topological polar surface area (TPSA) is 134 Å². The highest BCUT2D eigenvalue weighted by Crippen LogP contribution is 2.32. The smallest absolute Gasteiger partial charge is 0.466 e. The first-order chi connectivity index (χ1) is 12.0. The van der Waals surface area contributed by atoms with Gasteiger partial charge in [0.05, 0.1) is 19.1 Å². The molecule has 0 aliphatic carbocycles. The summed E-state index contributed by atoms with van der Waals surface area (Å²) < 4.78 is 15.7. The van der Waals surface area contributed by atoms with Gasteiger partial charge in [-0.1, -0.05) is 6.07 Å². The SMILES string of the molecule is CCOC(=O)CC1OB(O)c2cc(Oc3nnc([N+](=O)[O-])s3)ccc21. The molecule has 2 aromatic rings. The molecule has 1 unspecified atom stereocenters. The lowest BCUT2D eigenvalue weighted by molar-refractivity contribution is -0.385. The van der Waals surface area contributed by atoms with Gasteiger partial charge in [0.25, 0.3) is 0 Å². The Labute approximate surface area is 145 Å². The van der Waals surface area contributed by atoms with E-state index in [9.17, 15) is 19.9 Å². The first-order valence-corrected chi connectivity index (χ1v) is 8.08. The molecule has 0 saturated heterocycles. The predicted molar refractivity (Wildman–Crippen MR) is 85.8 cm³/mol. The zero-order chi connectivity index (χ0) is 18.0. The quantitative estimate of drug-likeness (QED) is 0.344. The van der Waals surface area contributed by atoms with E-state index in [4.69, 9.17) is 14.1 Å². The molecular formula is C13H12BN3O7S. The number of benzene rings is 1. The Bertz CT molecular complexity index is 815. The molecule has 10 nitrogen and oxygen atoms in total. The van der Waals surface area contributed by atoms with Crippen LogP contribution in [-0.2, 0) is 14.2 Å². The van der Waals surface area contributed by atoms with Gasteiger partial charge in [0.2, 0.25) is 0 Å². The zero-order valence-corrected chi connectivity index (χ0v) is 13.8. The molecule has 0 spiro atoms. The minimum Gasteiger partial charge on any atom is -0.466 e. The van der Waals surface area contributed by atoms with Crippen molar-refractivity contribution in [1.29, 1.82) is 0 Å². The Hall–Kier alpha value is -2.57. The Morgan fingerprint density at radius 2 is 2.32 bits per heavy atom. The average Bonchev–Trinajstić information content (AvgIpc) is 3.14. The number of rotatable bonds is 6. The molecule has 0 saturated carbocycles. The van der Waals surface area contributed by atoms with Crippen LogP contribution in [0.5, 0.6) is 10.9 Å². The van der Waals surface area contributed by atoms with E-state index in [1.807, 2.05) is 0 Å². The molecule has 130 valence electrons. The molecule has 3 rings (SSSR count). The second-order valence-electron chi connectivity index (χ2n) is 4.99. The summed E-state index contributed by atoms with van der Waals surface area (Å²) in [7, 11) is -1.21. The fourth-order valence-electron chi connectivity index (χ4n) is 2.37. The molecule has 1 aliphatic heterocycles. The van der Waals surface area contributed by atoms with Crippen molar-refractivity contribution in [1.82, 2.24) is 10.2 Å². The number of ether oxygens (including phenoxy) is 2. The highest BCUT2D eigenvalue weighted by molar-refractivity contribution is 7.16. The third kappa shape index (κ3) is 3.75. The van der Waals surface area contributed by atoms with E-state index in [-0.39, 0.29) is 23.4 Å². The standard InChI is InChI=1S/C13H12BN3O7S/c1-2-22-11(18)6-10-8-4-3-7(5-9(8)14(19)24-10)23-13-16-15-12(25-13)17(20)21/h3-5,10,19H,2,6H2,1H3. The molecule has 12 heteroatoms. The summed E-state index contributed by atoms with van der Waals surface area (Å²) in [4.78, 5) is 21.5. The molecule has 2 heterocycles. The van der Waals surface area contributed by atoms with Crippen molar-refractivity contribution in [2.24, 2.45) is 0 Å². The lowest BCUT2D eigenvalue weighted by atomic mass is 9.79. The van der Waals surface area contributed by atoms with Crippen LogP contribution in [0.25, 0.3) is 0 Å². The lowest BCUT2D eigenvalue weighted by Crippen LogP contribution is -2.28. The largest absolute Gasteiger partial charge is 0.492 e. The van der Waals surface area contributed by atoms with Crippen LogP contribution in [0.15, 0.2) is 18.2 Å². The van der Waals surface area contributed by atoms with Crippen LogP contribution in [0.2, 0.25) is 0 Å².